The van der Waals surface area contributed by atoms with Crippen molar-refractivity contribution in [1.29, 1.82) is 0 Å². The van der Waals surface area contributed by atoms with Gasteiger partial charge in [-0.2, -0.15) is 0 Å². The molecule has 2 N–H and O–H groups in total. The number of nitrogens with one attached hydrogen (secondary N) is 1. The fraction of sp³-hybridized carbons (Fsp3) is 0.400. The van der Waals surface area contributed by atoms with Crippen LogP contribution in [0.5, 0.6) is 0 Å². The van der Waals surface area contributed by atoms with Crippen molar-refractivity contribution >= 4 is 34.8 Å². The second kappa shape index (κ2) is 5.86. The van der Waals surface area contributed by atoms with Crippen molar-refractivity contribution in [3.8, 4) is 0 Å². The van der Waals surface area contributed by atoms with Crippen molar-refractivity contribution in [2.75, 3.05) is 0 Å². The molecule has 0 saturated heterocycles. The Balaban J connectivity index is 2.65. The third-order valence-electron chi connectivity index (χ3n) is 1.98. The smallest absolute Gasteiger partial charge is 0.326 e. The van der Waals surface area contributed by atoms with Gasteiger partial charge in [-0.15, -0.1) is 11.3 Å². The normalized spacial score (nSPS) is 12.1. The zero-order valence-corrected chi connectivity index (χ0v) is 10.3. The predicted octanol–water partition coefficient (Wildman–Crippen LogP) is 2.38. The summed E-state index contributed by atoms with van der Waals surface area (Å²) in [7, 11) is 0. The molecule has 4 nitrogen and oxygen atoms in total. The van der Waals surface area contributed by atoms with Crippen molar-refractivity contribution in [3.63, 3.8) is 0 Å². The average molecular weight is 262 g/mol. The van der Waals surface area contributed by atoms with E-state index in [4.69, 9.17) is 16.7 Å². The van der Waals surface area contributed by atoms with Crippen LogP contribution in [-0.4, -0.2) is 23.0 Å². The van der Waals surface area contributed by atoms with Crippen molar-refractivity contribution in [2.24, 2.45) is 0 Å². The SMILES string of the molecule is CCC[C@@H](NC(=O)c1ccc(Cl)s1)C(=O)O. The summed E-state index contributed by atoms with van der Waals surface area (Å²) >= 11 is 6.82. The lowest BCUT2D eigenvalue weighted by molar-refractivity contribution is -0.139. The molecule has 1 aromatic rings. The van der Waals surface area contributed by atoms with Crippen LogP contribution in [-0.2, 0) is 4.79 Å². The van der Waals surface area contributed by atoms with Crippen molar-refractivity contribution in [2.45, 2.75) is 25.8 Å². The van der Waals surface area contributed by atoms with Gasteiger partial charge in [-0.05, 0) is 18.6 Å². The van der Waals surface area contributed by atoms with Crippen LogP contribution in [0.2, 0.25) is 4.34 Å². The highest BCUT2D eigenvalue weighted by molar-refractivity contribution is 7.18. The van der Waals surface area contributed by atoms with E-state index in [0.29, 0.717) is 22.1 Å². The molecule has 88 valence electrons. The summed E-state index contributed by atoms with van der Waals surface area (Å²) in [5.41, 5.74) is 0. The number of carbonyl (C=O) groups excluding carboxylic acids is 1. The van der Waals surface area contributed by atoms with Gasteiger partial charge >= 0.3 is 5.97 Å². The number of rotatable bonds is 5. The molecule has 0 unspecified atom stereocenters. The molecule has 0 spiro atoms. The second-order valence-corrected chi connectivity index (χ2v) is 4.97. The van der Waals surface area contributed by atoms with Gasteiger partial charge in [0.1, 0.15) is 6.04 Å². The number of carboxylic acid groups (broad SMARTS) is 1. The molecule has 1 atom stereocenters. The van der Waals surface area contributed by atoms with Gasteiger partial charge in [0.05, 0.1) is 9.21 Å². The van der Waals surface area contributed by atoms with Crippen LogP contribution in [0.15, 0.2) is 12.1 Å². The number of halogens is 1. The Bertz CT molecular complexity index is 391. The van der Waals surface area contributed by atoms with Gasteiger partial charge in [0.15, 0.2) is 0 Å². The highest BCUT2D eigenvalue weighted by Gasteiger charge is 2.20. The van der Waals surface area contributed by atoms with Crippen molar-refractivity contribution in [1.82, 2.24) is 5.32 Å². The standard InChI is InChI=1S/C10H12ClNO3S/c1-2-3-6(10(14)15)12-9(13)7-4-5-8(11)16-7/h4-6H,2-3H2,1H3,(H,12,13)(H,14,15)/t6-/m1/s1. The fourth-order valence-electron chi connectivity index (χ4n) is 1.21. The van der Waals surface area contributed by atoms with E-state index in [1.54, 1.807) is 12.1 Å². The van der Waals surface area contributed by atoms with E-state index in [2.05, 4.69) is 5.32 Å². The number of amides is 1. The lowest BCUT2D eigenvalue weighted by Crippen LogP contribution is -2.40. The highest BCUT2D eigenvalue weighted by Crippen LogP contribution is 2.21. The van der Waals surface area contributed by atoms with Gasteiger partial charge in [-0.3, -0.25) is 4.79 Å². The Hall–Kier alpha value is -1.07. The van der Waals surface area contributed by atoms with Crippen LogP contribution in [0.25, 0.3) is 0 Å². The van der Waals surface area contributed by atoms with Gasteiger partial charge in [0.2, 0.25) is 0 Å². The molecule has 1 amide bonds. The lowest BCUT2D eigenvalue weighted by Gasteiger charge is -2.12. The van der Waals surface area contributed by atoms with Gasteiger partial charge in [0.25, 0.3) is 5.91 Å². The molecular weight excluding hydrogens is 250 g/mol. The average Bonchev–Trinajstić information content (AvgIpc) is 2.64. The molecule has 0 aliphatic heterocycles. The Morgan fingerprint density at radius 3 is 2.69 bits per heavy atom. The summed E-state index contributed by atoms with van der Waals surface area (Å²) in [6.07, 6.45) is 1.11. The summed E-state index contributed by atoms with van der Waals surface area (Å²) in [5.74, 6) is -1.41. The maximum absolute atomic E-state index is 11.6. The number of hydrogen-bond acceptors (Lipinski definition) is 3. The van der Waals surface area contributed by atoms with E-state index in [-0.39, 0.29) is 0 Å². The molecule has 0 saturated carbocycles. The largest absolute Gasteiger partial charge is 0.480 e. The predicted molar refractivity (Wildman–Crippen MR) is 63.1 cm³/mol. The summed E-state index contributed by atoms with van der Waals surface area (Å²) < 4.78 is 0.507. The van der Waals surface area contributed by atoms with E-state index in [1.165, 1.54) is 0 Å². The van der Waals surface area contributed by atoms with Gasteiger partial charge in [0, 0.05) is 0 Å². The first kappa shape index (κ1) is 13.0. The molecule has 16 heavy (non-hydrogen) atoms. The van der Waals surface area contributed by atoms with Crippen LogP contribution in [0.4, 0.5) is 0 Å². The molecule has 0 aliphatic carbocycles. The number of hydrogen-bond donors (Lipinski definition) is 2. The molecular formula is C10H12ClNO3S. The van der Waals surface area contributed by atoms with Crippen LogP contribution in [0.1, 0.15) is 29.4 Å². The van der Waals surface area contributed by atoms with Crippen molar-refractivity contribution < 1.29 is 14.7 Å². The van der Waals surface area contributed by atoms with E-state index in [1.807, 2.05) is 6.92 Å². The molecule has 0 radical (unpaired) electrons. The quantitative estimate of drug-likeness (QED) is 0.855. The molecule has 6 heteroatoms. The zero-order valence-electron chi connectivity index (χ0n) is 8.70. The first-order valence-electron chi connectivity index (χ1n) is 4.83. The Morgan fingerprint density at radius 1 is 1.56 bits per heavy atom. The first-order valence-corrected chi connectivity index (χ1v) is 6.03. The second-order valence-electron chi connectivity index (χ2n) is 3.26. The van der Waals surface area contributed by atoms with E-state index < -0.39 is 17.9 Å². The minimum absolute atomic E-state index is 0.391. The lowest BCUT2D eigenvalue weighted by atomic mass is 10.1. The van der Waals surface area contributed by atoms with Crippen molar-refractivity contribution in [3.05, 3.63) is 21.3 Å². The molecule has 0 aliphatic rings. The Morgan fingerprint density at radius 2 is 2.25 bits per heavy atom. The van der Waals surface area contributed by atoms with Crippen LogP contribution in [0.3, 0.4) is 0 Å². The van der Waals surface area contributed by atoms with E-state index in [9.17, 15) is 9.59 Å². The maximum Gasteiger partial charge on any atom is 0.326 e. The summed E-state index contributed by atoms with van der Waals surface area (Å²) in [5, 5.41) is 11.3. The summed E-state index contributed by atoms with van der Waals surface area (Å²) in [6, 6.07) is 2.35. The monoisotopic (exact) mass is 261 g/mol. The molecule has 1 aromatic heterocycles. The molecule has 0 fully saturated rings. The number of aliphatic carboxylic acids is 1. The Kier molecular flexibility index (Phi) is 4.76. The van der Waals surface area contributed by atoms with Crippen LogP contribution >= 0.6 is 22.9 Å². The van der Waals surface area contributed by atoms with Gasteiger partial charge in [-0.25, -0.2) is 4.79 Å². The maximum atomic E-state index is 11.6. The van der Waals surface area contributed by atoms with Crippen LogP contribution < -0.4 is 5.32 Å². The van der Waals surface area contributed by atoms with Crippen LogP contribution in [0, 0.1) is 0 Å². The molecule has 0 bridgehead atoms. The molecule has 0 aromatic carbocycles. The summed E-state index contributed by atoms with van der Waals surface area (Å²) in [4.78, 5) is 22.9. The summed E-state index contributed by atoms with van der Waals surface area (Å²) in [6.45, 7) is 1.87. The fourth-order valence-corrected chi connectivity index (χ4v) is 2.16. The minimum atomic E-state index is -1.02. The molecule has 1 rings (SSSR count). The minimum Gasteiger partial charge on any atom is -0.480 e. The van der Waals surface area contributed by atoms with Gasteiger partial charge in [-0.1, -0.05) is 24.9 Å². The first-order chi connectivity index (χ1) is 7.54. The zero-order chi connectivity index (χ0) is 12.1. The number of carbonyl (C=O) groups is 2. The van der Waals surface area contributed by atoms with E-state index >= 15 is 0 Å². The molecule has 1 heterocycles. The number of thiophene rings is 1. The topological polar surface area (TPSA) is 66.4 Å². The van der Waals surface area contributed by atoms with E-state index in [0.717, 1.165) is 11.3 Å². The third kappa shape index (κ3) is 3.50. The highest BCUT2D eigenvalue weighted by atomic mass is 35.5. The Labute approximate surface area is 102 Å². The number of carboxylic acids is 1. The third-order valence-corrected chi connectivity index (χ3v) is 3.21. The van der Waals surface area contributed by atoms with Gasteiger partial charge < -0.3 is 10.4 Å².